The van der Waals surface area contributed by atoms with Gasteiger partial charge in [-0.1, -0.05) is 6.07 Å². The van der Waals surface area contributed by atoms with Crippen molar-refractivity contribution in [2.45, 2.75) is 12.7 Å². The summed E-state index contributed by atoms with van der Waals surface area (Å²) in [6.07, 6.45) is 1.19. The summed E-state index contributed by atoms with van der Waals surface area (Å²) in [4.78, 5) is 1.20. The Balaban J connectivity index is 2.28. The van der Waals surface area contributed by atoms with Gasteiger partial charge >= 0.3 is 7.12 Å². The van der Waals surface area contributed by atoms with Crippen molar-refractivity contribution >= 4 is 18.5 Å². The monoisotopic (exact) mass is 156 g/mol. The first-order valence-electron chi connectivity index (χ1n) is 3.17. The van der Waals surface area contributed by atoms with E-state index in [-0.39, 0.29) is 0 Å². The summed E-state index contributed by atoms with van der Waals surface area (Å²) in [6, 6.07) is 3.96. The van der Waals surface area contributed by atoms with Crippen LogP contribution in [0.5, 0.6) is 0 Å². The lowest BCUT2D eigenvalue weighted by Gasteiger charge is -1.94. The van der Waals surface area contributed by atoms with Crippen LogP contribution >= 0.6 is 11.3 Å². The van der Waals surface area contributed by atoms with Gasteiger partial charge in [-0.05, 0) is 24.2 Å². The zero-order valence-electron chi connectivity index (χ0n) is 5.53. The third kappa shape index (κ3) is 2.52. The van der Waals surface area contributed by atoms with Crippen LogP contribution in [0.25, 0.3) is 0 Å². The van der Waals surface area contributed by atoms with E-state index in [1.54, 1.807) is 11.3 Å². The lowest BCUT2D eigenvalue weighted by atomic mass is 9.84. The standard InChI is InChI=1S/C6H9BO2S/c8-7(9)4-3-6-2-1-5-10-6/h1-2,5,8-9H,3-4H2. The molecule has 0 saturated heterocycles. The third-order valence-electron chi connectivity index (χ3n) is 1.23. The zero-order chi connectivity index (χ0) is 7.40. The Morgan fingerprint density at radius 1 is 1.50 bits per heavy atom. The van der Waals surface area contributed by atoms with Gasteiger partial charge in [0.2, 0.25) is 0 Å². The van der Waals surface area contributed by atoms with Crippen molar-refractivity contribution in [2.75, 3.05) is 0 Å². The molecular formula is C6H9BO2S. The molecule has 4 heteroatoms. The van der Waals surface area contributed by atoms with Gasteiger partial charge in [0, 0.05) is 4.88 Å². The molecule has 0 radical (unpaired) electrons. The van der Waals surface area contributed by atoms with E-state index >= 15 is 0 Å². The molecule has 0 saturated carbocycles. The van der Waals surface area contributed by atoms with Gasteiger partial charge in [-0.2, -0.15) is 0 Å². The van der Waals surface area contributed by atoms with E-state index in [0.717, 1.165) is 6.42 Å². The van der Waals surface area contributed by atoms with Crippen LogP contribution in [0.2, 0.25) is 6.32 Å². The molecule has 0 amide bonds. The van der Waals surface area contributed by atoms with E-state index in [1.807, 2.05) is 17.5 Å². The molecule has 0 aliphatic rings. The molecule has 0 fully saturated rings. The minimum Gasteiger partial charge on any atom is -0.427 e. The fourth-order valence-corrected chi connectivity index (χ4v) is 1.45. The maximum atomic E-state index is 8.51. The molecule has 0 unspecified atom stereocenters. The van der Waals surface area contributed by atoms with Crippen LogP contribution in [0, 0.1) is 0 Å². The van der Waals surface area contributed by atoms with E-state index in [0.29, 0.717) is 6.32 Å². The maximum Gasteiger partial charge on any atom is 0.451 e. The molecule has 1 aromatic rings. The summed E-state index contributed by atoms with van der Waals surface area (Å²) in [5, 5.41) is 19.0. The van der Waals surface area contributed by atoms with Crippen LogP contribution < -0.4 is 0 Å². The molecule has 0 aliphatic heterocycles. The van der Waals surface area contributed by atoms with Gasteiger partial charge in [0.1, 0.15) is 0 Å². The Morgan fingerprint density at radius 3 is 2.80 bits per heavy atom. The van der Waals surface area contributed by atoms with Crippen LogP contribution in [-0.4, -0.2) is 17.2 Å². The normalized spacial score (nSPS) is 9.80. The second-order valence-electron chi connectivity index (χ2n) is 2.10. The van der Waals surface area contributed by atoms with Crippen LogP contribution in [0.1, 0.15) is 4.88 Å². The van der Waals surface area contributed by atoms with Gasteiger partial charge in [-0.25, -0.2) is 0 Å². The molecule has 10 heavy (non-hydrogen) atoms. The van der Waals surface area contributed by atoms with E-state index in [1.165, 1.54) is 4.88 Å². The first kappa shape index (κ1) is 7.79. The van der Waals surface area contributed by atoms with Crippen LogP contribution in [0.3, 0.4) is 0 Å². The Morgan fingerprint density at radius 2 is 2.30 bits per heavy atom. The predicted molar refractivity (Wildman–Crippen MR) is 43.0 cm³/mol. The summed E-state index contributed by atoms with van der Waals surface area (Å²) in [6.45, 7) is 0. The fourth-order valence-electron chi connectivity index (χ4n) is 0.726. The molecule has 0 atom stereocenters. The Labute approximate surface area is 64.3 Å². The summed E-state index contributed by atoms with van der Waals surface area (Å²) < 4.78 is 0. The number of hydrogen-bond acceptors (Lipinski definition) is 3. The molecule has 2 nitrogen and oxygen atoms in total. The van der Waals surface area contributed by atoms with Crippen molar-refractivity contribution in [1.29, 1.82) is 0 Å². The maximum absolute atomic E-state index is 8.51. The highest BCUT2D eigenvalue weighted by atomic mass is 32.1. The lowest BCUT2D eigenvalue weighted by molar-refractivity contribution is 0.405. The summed E-state index contributed by atoms with van der Waals surface area (Å²) in [5.74, 6) is 0. The molecular weight excluding hydrogens is 147 g/mol. The van der Waals surface area contributed by atoms with Crippen molar-refractivity contribution in [1.82, 2.24) is 0 Å². The van der Waals surface area contributed by atoms with Gasteiger partial charge < -0.3 is 10.0 Å². The smallest absolute Gasteiger partial charge is 0.427 e. The van der Waals surface area contributed by atoms with Crippen molar-refractivity contribution in [2.24, 2.45) is 0 Å². The average molecular weight is 156 g/mol. The molecule has 1 heterocycles. The molecule has 0 bridgehead atoms. The largest absolute Gasteiger partial charge is 0.451 e. The molecule has 0 aromatic carbocycles. The van der Waals surface area contributed by atoms with E-state index in [4.69, 9.17) is 10.0 Å². The Kier molecular flexibility index (Phi) is 2.93. The summed E-state index contributed by atoms with van der Waals surface area (Å²) >= 11 is 1.64. The second kappa shape index (κ2) is 3.76. The highest BCUT2D eigenvalue weighted by Crippen LogP contribution is 2.11. The number of aryl methyl sites for hydroxylation is 1. The average Bonchev–Trinajstić information content (AvgIpc) is 2.34. The van der Waals surface area contributed by atoms with E-state index in [2.05, 4.69) is 0 Å². The van der Waals surface area contributed by atoms with Crippen molar-refractivity contribution in [3.05, 3.63) is 22.4 Å². The molecule has 1 aromatic heterocycles. The predicted octanol–water partition coefficient (Wildman–Crippen LogP) is 0.763. The molecule has 54 valence electrons. The van der Waals surface area contributed by atoms with Gasteiger partial charge in [-0.3, -0.25) is 0 Å². The van der Waals surface area contributed by atoms with Gasteiger partial charge in [0.25, 0.3) is 0 Å². The number of hydrogen-bond donors (Lipinski definition) is 2. The quantitative estimate of drug-likeness (QED) is 0.634. The van der Waals surface area contributed by atoms with Crippen LogP contribution in [0.4, 0.5) is 0 Å². The molecule has 1 rings (SSSR count). The summed E-state index contributed by atoms with van der Waals surface area (Å²) in [7, 11) is -1.16. The first-order valence-corrected chi connectivity index (χ1v) is 4.05. The zero-order valence-corrected chi connectivity index (χ0v) is 6.34. The van der Waals surface area contributed by atoms with Crippen molar-refractivity contribution in [3.8, 4) is 0 Å². The minimum atomic E-state index is -1.16. The van der Waals surface area contributed by atoms with Crippen LogP contribution in [0.15, 0.2) is 17.5 Å². The minimum absolute atomic E-state index is 0.431. The fraction of sp³-hybridized carbons (Fsp3) is 0.333. The lowest BCUT2D eigenvalue weighted by Crippen LogP contribution is -2.10. The number of thiophene rings is 1. The van der Waals surface area contributed by atoms with Crippen molar-refractivity contribution < 1.29 is 10.0 Å². The highest BCUT2D eigenvalue weighted by Gasteiger charge is 2.05. The number of rotatable bonds is 3. The van der Waals surface area contributed by atoms with Gasteiger partial charge in [0.15, 0.2) is 0 Å². The summed E-state index contributed by atoms with van der Waals surface area (Å²) in [5.41, 5.74) is 0. The highest BCUT2D eigenvalue weighted by molar-refractivity contribution is 7.09. The van der Waals surface area contributed by atoms with Gasteiger partial charge in [0.05, 0.1) is 0 Å². The van der Waals surface area contributed by atoms with E-state index < -0.39 is 7.12 Å². The molecule has 2 N–H and O–H groups in total. The molecule has 0 spiro atoms. The third-order valence-corrected chi connectivity index (χ3v) is 2.17. The van der Waals surface area contributed by atoms with Gasteiger partial charge in [-0.15, -0.1) is 11.3 Å². The van der Waals surface area contributed by atoms with Crippen LogP contribution in [-0.2, 0) is 6.42 Å². The first-order chi connectivity index (χ1) is 4.79. The topological polar surface area (TPSA) is 40.5 Å². The van der Waals surface area contributed by atoms with Crippen molar-refractivity contribution in [3.63, 3.8) is 0 Å². The van der Waals surface area contributed by atoms with E-state index in [9.17, 15) is 0 Å². The molecule has 0 aliphatic carbocycles. The Bertz CT molecular complexity index is 174. The second-order valence-corrected chi connectivity index (χ2v) is 3.13. The Hall–Kier alpha value is -0.315. The SMILES string of the molecule is OB(O)CCc1cccs1.